The molecule has 1 saturated heterocycles. The van der Waals surface area contributed by atoms with Gasteiger partial charge in [0.2, 0.25) is 0 Å². The third kappa shape index (κ3) is 2.54. The number of carbonyl (C=O) groups excluding carboxylic acids is 1. The van der Waals surface area contributed by atoms with Crippen molar-refractivity contribution in [1.29, 1.82) is 0 Å². The standard InChI is InChI=1S/C14H23N3O2S/c1-6-15-12-16-9(2)10(20-12)11(18)17-7-13(3,4)14(5,19)8-17/h19H,6-8H2,1-5H3,(H,15,16)/t14-/m1/s1. The fourth-order valence-electron chi connectivity index (χ4n) is 2.40. The topological polar surface area (TPSA) is 65.5 Å². The summed E-state index contributed by atoms with van der Waals surface area (Å²) in [4.78, 5) is 19.4. The average Bonchev–Trinajstić information content (AvgIpc) is 2.77. The van der Waals surface area contributed by atoms with E-state index in [4.69, 9.17) is 0 Å². The number of amides is 1. The van der Waals surface area contributed by atoms with Gasteiger partial charge in [0.25, 0.3) is 5.91 Å². The van der Waals surface area contributed by atoms with Crippen LogP contribution in [-0.2, 0) is 0 Å². The van der Waals surface area contributed by atoms with Crippen LogP contribution in [0.15, 0.2) is 0 Å². The van der Waals surface area contributed by atoms with Gasteiger partial charge in [0.15, 0.2) is 5.13 Å². The number of anilines is 1. The molecular weight excluding hydrogens is 274 g/mol. The van der Waals surface area contributed by atoms with Crippen LogP contribution in [0.4, 0.5) is 5.13 Å². The zero-order chi connectivity index (χ0) is 15.1. The van der Waals surface area contributed by atoms with Gasteiger partial charge in [0, 0.05) is 18.5 Å². The summed E-state index contributed by atoms with van der Waals surface area (Å²) in [5.74, 6) is -0.0324. The summed E-state index contributed by atoms with van der Waals surface area (Å²) in [6.45, 7) is 11.3. The Balaban J connectivity index is 2.21. The lowest BCUT2D eigenvalue weighted by atomic mass is 9.79. The molecule has 1 aliphatic rings. The van der Waals surface area contributed by atoms with Gasteiger partial charge >= 0.3 is 0 Å². The van der Waals surface area contributed by atoms with Gasteiger partial charge < -0.3 is 15.3 Å². The number of hydrogen-bond acceptors (Lipinski definition) is 5. The SMILES string of the molecule is CCNc1nc(C)c(C(=O)N2CC(C)(C)[C@](C)(O)C2)s1. The van der Waals surface area contributed by atoms with Gasteiger partial charge in [-0.25, -0.2) is 4.98 Å². The van der Waals surface area contributed by atoms with Gasteiger partial charge in [-0.15, -0.1) is 0 Å². The van der Waals surface area contributed by atoms with Gasteiger partial charge in [-0.1, -0.05) is 25.2 Å². The highest BCUT2D eigenvalue weighted by atomic mass is 32.1. The second-order valence-corrected chi connectivity index (χ2v) is 7.28. The van der Waals surface area contributed by atoms with Crippen LogP contribution >= 0.6 is 11.3 Å². The summed E-state index contributed by atoms with van der Waals surface area (Å²) in [7, 11) is 0. The molecule has 5 nitrogen and oxygen atoms in total. The van der Waals surface area contributed by atoms with Crippen LogP contribution < -0.4 is 5.32 Å². The third-order valence-electron chi connectivity index (χ3n) is 4.15. The fourth-order valence-corrected chi connectivity index (χ4v) is 3.40. The van der Waals surface area contributed by atoms with E-state index in [0.717, 1.165) is 17.4 Å². The van der Waals surface area contributed by atoms with Gasteiger partial charge in [-0.05, 0) is 20.8 Å². The lowest BCUT2D eigenvalue weighted by Crippen LogP contribution is -2.40. The number of carbonyl (C=O) groups is 1. The highest BCUT2D eigenvalue weighted by Gasteiger charge is 2.49. The van der Waals surface area contributed by atoms with Gasteiger partial charge in [-0.2, -0.15) is 0 Å². The number of thiazole rings is 1. The largest absolute Gasteiger partial charge is 0.388 e. The first kappa shape index (κ1) is 15.3. The second kappa shape index (κ2) is 5.00. The Morgan fingerprint density at radius 1 is 1.45 bits per heavy atom. The van der Waals surface area contributed by atoms with Crippen molar-refractivity contribution in [2.45, 2.75) is 40.2 Å². The van der Waals surface area contributed by atoms with Gasteiger partial charge in [-0.3, -0.25) is 4.79 Å². The fraction of sp³-hybridized carbons (Fsp3) is 0.714. The zero-order valence-corrected chi connectivity index (χ0v) is 13.6. The monoisotopic (exact) mass is 297 g/mol. The highest BCUT2D eigenvalue weighted by molar-refractivity contribution is 7.17. The molecule has 1 aromatic heterocycles. The summed E-state index contributed by atoms with van der Waals surface area (Å²) in [5.41, 5.74) is -0.405. The number of β-amino-alcohol motifs (C(OH)–C–C–N with tert-alkyl or cyclic N) is 1. The number of nitrogens with zero attached hydrogens (tertiary/aromatic N) is 2. The molecule has 1 atom stereocenters. The smallest absolute Gasteiger partial charge is 0.266 e. The zero-order valence-electron chi connectivity index (χ0n) is 12.8. The maximum atomic E-state index is 12.6. The molecular formula is C14H23N3O2S. The van der Waals surface area contributed by atoms with Crippen molar-refractivity contribution in [2.75, 3.05) is 25.0 Å². The van der Waals surface area contributed by atoms with Crippen LogP contribution in [0.5, 0.6) is 0 Å². The van der Waals surface area contributed by atoms with E-state index in [0.29, 0.717) is 18.0 Å². The van der Waals surface area contributed by atoms with Crippen LogP contribution in [0.25, 0.3) is 0 Å². The first-order valence-corrected chi connectivity index (χ1v) is 7.72. The number of aryl methyl sites for hydroxylation is 1. The molecule has 2 heterocycles. The molecule has 20 heavy (non-hydrogen) atoms. The molecule has 1 amide bonds. The van der Waals surface area contributed by atoms with Crippen LogP contribution in [0, 0.1) is 12.3 Å². The molecule has 1 aromatic rings. The maximum Gasteiger partial charge on any atom is 0.266 e. The van der Waals surface area contributed by atoms with Crippen molar-refractivity contribution in [1.82, 2.24) is 9.88 Å². The molecule has 0 aromatic carbocycles. The summed E-state index contributed by atoms with van der Waals surface area (Å²) >= 11 is 1.38. The van der Waals surface area contributed by atoms with E-state index in [1.807, 2.05) is 27.7 Å². The molecule has 1 aliphatic heterocycles. The molecule has 0 aliphatic carbocycles. The molecule has 2 rings (SSSR count). The molecule has 6 heteroatoms. The predicted molar refractivity (Wildman–Crippen MR) is 81.3 cm³/mol. The molecule has 1 fully saturated rings. The van der Waals surface area contributed by atoms with Crippen molar-refractivity contribution < 1.29 is 9.90 Å². The quantitative estimate of drug-likeness (QED) is 0.897. The Hall–Kier alpha value is -1.14. The molecule has 0 unspecified atom stereocenters. The number of hydrogen-bond donors (Lipinski definition) is 2. The van der Waals surface area contributed by atoms with E-state index < -0.39 is 5.60 Å². The first-order chi connectivity index (χ1) is 9.18. The summed E-state index contributed by atoms with van der Waals surface area (Å²) in [6.07, 6.45) is 0. The second-order valence-electron chi connectivity index (χ2n) is 6.28. The molecule has 0 saturated carbocycles. The van der Waals surface area contributed by atoms with E-state index in [-0.39, 0.29) is 11.3 Å². The predicted octanol–water partition coefficient (Wildman–Crippen LogP) is 2.12. The van der Waals surface area contributed by atoms with Crippen LogP contribution in [0.2, 0.25) is 0 Å². The van der Waals surface area contributed by atoms with Gasteiger partial charge in [0.1, 0.15) is 4.88 Å². The van der Waals surface area contributed by atoms with E-state index in [2.05, 4.69) is 10.3 Å². The van der Waals surface area contributed by atoms with Crippen molar-refractivity contribution in [3.8, 4) is 0 Å². The Morgan fingerprint density at radius 3 is 2.60 bits per heavy atom. The molecule has 0 radical (unpaired) electrons. The van der Waals surface area contributed by atoms with Crippen LogP contribution in [-0.4, -0.2) is 46.1 Å². The number of aliphatic hydroxyl groups is 1. The lowest BCUT2D eigenvalue weighted by molar-refractivity contribution is -0.0108. The van der Waals surface area contributed by atoms with E-state index in [9.17, 15) is 9.90 Å². The van der Waals surface area contributed by atoms with Crippen molar-refractivity contribution >= 4 is 22.4 Å². The average molecular weight is 297 g/mol. The first-order valence-electron chi connectivity index (χ1n) is 6.91. The summed E-state index contributed by atoms with van der Waals surface area (Å²) in [5, 5.41) is 14.3. The minimum atomic E-state index is -0.855. The minimum Gasteiger partial charge on any atom is -0.388 e. The number of nitrogens with one attached hydrogen (secondary N) is 1. The highest BCUT2D eigenvalue weighted by Crippen LogP contribution is 2.39. The van der Waals surface area contributed by atoms with Crippen LogP contribution in [0.1, 0.15) is 43.1 Å². The van der Waals surface area contributed by atoms with E-state index in [1.54, 1.807) is 11.8 Å². The molecule has 0 bridgehead atoms. The number of likely N-dealkylation sites (tertiary alicyclic amines) is 1. The maximum absolute atomic E-state index is 12.6. The third-order valence-corrected chi connectivity index (χ3v) is 5.25. The summed E-state index contributed by atoms with van der Waals surface area (Å²) in [6, 6.07) is 0. The number of aromatic nitrogens is 1. The number of rotatable bonds is 3. The Kier molecular flexibility index (Phi) is 3.81. The summed E-state index contributed by atoms with van der Waals surface area (Å²) < 4.78 is 0. The van der Waals surface area contributed by atoms with Crippen molar-refractivity contribution in [2.24, 2.45) is 5.41 Å². The van der Waals surface area contributed by atoms with Crippen molar-refractivity contribution in [3.63, 3.8) is 0 Å². The van der Waals surface area contributed by atoms with Gasteiger partial charge in [0.05, 0.1) is 17.8 Å². The Morgan fingerprint density at radius 2 is 2.10 bits per heavy atom. The van der Waals surface area contributed by atoms with Crippen molar-refractivity contribution in [3.05, 3.63) is 10.6 Å². The van der Waals surface area contributed by atoms with E-state index >= 15 is 0 Å². The molecule has 2 N–H and O–H groups in total. The lowest BCUT2D eigenvalue weighted by Gasteiger charge is -2.30. The Labute approximate surface area is 124 Å². The minimum absolute atomic E-state index is 0.0324. The van der Waals surface area contributed by atoms with Crippen LogP contribution in [0.3, 0.4) is 0 Å². The molecule has 0 spiro atoms. The Bertz CT molecular complexity index is 506. The normalized spacial score (nSPS) is 25.0. The van der Waals surface area contributed by atoms with E-state index in [1.165, 1.54) is 11.3 Å². The molecule has 112 valence electrons.